The van der Waals surface area contributed by atoms with Gasteiger partial charge >= 0.3 is 0 Å². The predicted octanol–water partition coefficient (Wildman–Crippen LogP) is 2.27. The Kier molecular flexibility index (Phi) is 9.49. The van der Waals surface area contributed by atoms with Gasteiger partial charge in [0, 0.05) is 19.8 Å². The summed E-state index contributed by atoms with van der Waals surface area (Å²) >= 11 is 0. The van der Waals surface area contributed by atoms with E-state index < -0.39 is 6.04 Å². The summed E-state index contributed by atoms with van der Waals surface area (Å²) in [6.07, 6.45) is 4.57. The van der Waals surface area contributed by atoms with Crippen molar-refractivity contribution in [1.82, 2.24) is 5.32 Å². The molecule has 4 nitrogen and oxygen atoms in total. The molecule has 118 valence electrons. The van der Waals surface area contributed by atoms with E-state index in [0.717, 1.165) is 32.3 Å². The maximum absolute atomic E-state index is 11.8. The maximum Gasteiger partial charge on any atom is 0.236 e. The van der Waals surface area contributed by atoms with Gasteiger partial charge < -0.3 is 15.8 Å². The topological polar surface area (TPSA) is 64.3 Å². The summed E-state index contributed by atoms with van der Waals surface area (Å²) in [6, 6.07) is 9.65. The third kappa shape index (κ3) is 8.48. The lowest BCUT2D eigenvalue weighted by atomic mass is 10.1. The van der Waals surface area contributed by atoms with Crippen LogP contribution in [0.3, 0.4) is 0 Å². The molecule has 1 atom stereocenters. The van der Waals surface area contributed by atoms with E-state index in [4.69, 9.17) is 10.5 Å². The first kappa shape index (κ1) is 17.7. The third-order valence-corrected chi connectivity index (χ3v) is 3.33. The first-order valence-corrected chi connectivity index (χ1v) is 7.89. The van der Waals surface area contributed by atoms with Crippen molar-refractivity contribution in [3.8, 4) is 0 Å². The number of benzene rings is 1. The average molecular weight is 292 g/mol. The van der Waals surface area contributed by atoms with Crippen LogP contribution in [0.15, 0.2) is 30.3 Å². The Hall–Kier alpha value is -1.39. The minimum absolute atomic E-state index is 0.0699. The number of rotatable bonds is 11. The minimum Gasteiger partial charge on any atom is -0.381 e. The number of hydrogen-bond donors (Lipinski definition) is 2. The molecular weight excluding hydrogens is 264 g/mol. The van der Waals surface area contributed by atoms with E-state index in [2.05, 4.69) is 24.4 Å². The molecule has 1 aromatic rings. The molecule has 1 unspecified atom stereocenters. The highest BCUT2D eigenvalue weighted by Gasteiger charge is 2.12. The summed E-state index contributed by atoms with van der Waals surface area (Å²) in [6.45, 7) is 4.27. The van der Waals surface area contributed by atoms with Crippen LogP contribution in [0.2, 0.25) is 0 Å². The van der Waals surface area contributed by atoms with Crippen LogP contribution in [0.5, 0.6) is 0 Å². The molecule has 0 saturated carbocycles. The smallest absolute Gasteiger partial charge is 0.236 e. The predicted molar refractivity (Wildman–Crippen MR) is 86.1 cm³/mol. The third-order valence-electron chi connectivity index (χ3n) is 3.33. The van der Waals surface area contributed by atoms with Crippen LogP contribution >= 0.6 is 0 Å². The normalized spacial score (nSPS) is 12.1. The second-order valence-corrected chi connectivity index (χ2v) is 5.24. The quantitative estimate of drug-likeness (QED) is 0.615. The van der Waals surface area contributed by atoms with E-state index in [-0.39, 0.29) is 5.91 Å². The van der Waals surface area contributed by atoms with Gasteiger partial charge in [0.25, 0.3) is 0 Å². The van der Waals surface area contributed by atoms with Gasteiger partial charge in [-0.1, -0.05) is 43.7 Å². The van der Waals surface area contributed by atoms with Crippen molar-refractivity contribution in [3.63, 3.8) is 0 Å². The first-order valence-electron chi connectivity index (χ1n) is 7.89. The number of ether oxygens (including phenoxy) is 1. The summed E-state index contributed by atoms with van der Waals surface area (Å²) in [7, 11) is 0. The van der Waals surface area contributed by atoms with E-state index in [1.165, 1.54) is 5.56 Å². The molecule has 0 aliphatic heterocycles. The minimum atomic E-state index is -0.439. The number of aryl methyl sites for hydroxylation is 1. The number of carbonyl (C=O) groups is 1. The first-order chi connectivity index (χ1) is 10.2. The van der Waals surface area contributed by atoms with E-state index in [9.17, 15) is 4.79 Å². The zero-order valence-electron chi connectivity index (χ0n) is 13.0. The molecule has 0 aliphatic carbocycles. The summed E-state index contributed by atoms with van der Waals surface area (Å²) in [5.41, 5.74) is 7.12. The highest BCUT2D eigenvalue weighted by atomic mass is 16.5. The van der Waals surface area contributed by atoms with Gasteiger partial charge in [-0.25, -0.2) is 0 Å². The van der Waals surface area contributed by atoms with Crippen molar-refractivity contribution in [1.29, 1.82) is 0 Å². The molecule has 1 amide bonds. The fraction of sp³-hybridized carbons (Fsp3) is 0.588. The van der Waals surface area contributed by atoms with Gasteiger partial charge in [-0.15, -0.1) is 0 Å². The molecule has 1 aromatic carbocycles. The molecule has 0 heterocycles. The van der Waals surface area contributed by atoms with Crippen LogP contribution in [0.1, 0.15) is 38.2 Å². The van der Waals surface area contributed by atoms with E-state index in [0.29, 0.717) is 19.6 Å². The number of amides is 1. The van der Waals surface area contributed by atoms with Crippen molar-refractivity contribution < 1.29 is 9.53 Å². The lowest BCUT2D eigenvalue weighted by molar-refractivity contribution is -0.122. The van der Waals surface area contributed by atoms with Crippen LogP contribution in [-0.4, -0.2) is 31.7 Å². The molecule has 1 rings (SSSR count). The standard InChI is InChI=1S/C17H28N2O2/c1-2-3-13-21-14-7-12-19-17(20)16(18)11-10-15-8-5-4-6-9-15/h4-6,8-9,16H,2-3,7,10-14,18H2,1H3,(H,19,20). The van der Waals surface area contributed by atoms with Crippen LogP contribution in [0.25, 0.3) is 0 Å². The lowest BCUT2D eigenvalue weighted by Crippen LogP contribution is -2.41. The van der Waals surface area contributed by atoms with Crippen LogP contribution in [-0.2, 0) is 16.0 Å². The van der Waals surface area contributed by atoms with Crippen molar-refractivity contribution in [3.05, 3.63) is 35.9 Å². The molecule has 0 aromatic heterocycles. The van der Waals surface area contributed by atoms with Gasteiger partial charge in [-0.05, 0) is 31.2 Å². The molecule has 0 radical (unpaired) electrons. The number of nitrogens with two attached hydrogens (primary N) is 1. The van der Waals surface area contributed by atoms with Gasteiger partial charge in [-0.2, -0.15) is 0 Å². The number of hydrogen-bond acceptors (Lipinski definition) is 3. The Morgan fingerprint density at radius 3 is 2.67 bits per heavy atom. The molecule has 0 bridgehead atoms. The number of carbonyl (C=O) groups excluding carboxylic acids is 1. The highest BCUT2D eigenvalue weighted by Crippen LogP contribution is 2.04. The monoisotopic (exact) mass is 292 g/mol. The summed E-state index contributed by atoms with van der Waals surface area (Å²) in [5, 5.41) is 2.87. The highest BCUT2D eigenvalue weighted by molar-refractivity contribution is 5.81. The van der Waals surface area contributed by atoms with Gasteiger partial charge in [-0.3, -0.25) is 4.79 Å². The molecule has 0 spiro atoms. The average Bonchev–Trinajstić information content (AvgIpc) is 2.52. The van der Waals surface area contributed by atoms with Crippen molar-refractivity contribution in [2.45, 2.75) is 45.1 Å². The van der Waals surface area contributed by atoms with Crippen LogP contribution < -0.4 is 11.1 Å². The van der Waals surface area contributed by atoms with Gasteiger partial charge in [0.15, 0.2) is 0 Å². The van der Waals surface area contributed by atoms with Crippen LogP contribution in [0, 0.1) is 0 Å². The van der Waals surface area contributed by atoms with E-state index >= 15 is 0 Å². The number of unbranched alkanes of at least 4 members (excludes halogenated alkanes) is 1. The second kappa shape index (κ2) is 11.3. The molecular formula is C17H28N2O2. The summed E-state index contributed by atoms with van der Waals surface area (Å²) < 4.78 is 5.44. The molecule has 0 fully saturated rings. The zero-order valence-corrected chi connectivity index (χ0v) is 13.0. The fourth-order valence-corrected chi connectivity index (χ4v) is 1.96. The molecule has 3 N–H and O–H groups in total. The molecule has 0 saturated heterocycles. The molecule has 0 aliphatic rings. The fourth-order valence-electron chi connectivity index (χ4n) is 1.96. The summed E-state index contributed by atoms with van der Waals surface area (Å²) in [4.78, 5) is 11.8. The molecule has 4 heteroatoms. The Bertz CT molecular complexity index is 382. The van der Waals surface area contributed by atoms with Gasteiger partial charge in [0.05, 0.1) is 6.04 Å². The van der Waals surface area contributed by atoms with Gasteiger partial charge in [0.2, 0.25) is 5.91 Å². The Labute approximate surface area is 128 Å². The van der Waals surface area contributed by atoms with E-state index in [1.54, 1.807) is 0 Å². The second-order valence-electron chi connectivity index (χ2n) is 5.24. The Balaban J connectivity index is 2.06. The van der Waals surface area contributed by atoms with Crippen molar-refractivity contribution >= 4 is 5.91 Å². The van der Waals surface area contributed by atoms with E-state index in [1.807, 2.05) is 18.2 Å². The zero-order chi connectivity index (χ0) is 15.3. The maximum atomic E-state index is 11.8. The van der Waals surface area contributed by atoms with Gasteiger partial charge in [0.1, 0.15) is 0 Å². The Morgan fingerprint density at radius 1 is 1.24 bits per heavy atom. The molecule has 21 heavy (non-hydrogen) atoms. The largest absolute Gasteiger partial charge is 0.381 e. The SMILES string of the molecule is CCCCOCCCNC(=O)C(N)CCc1ccccc1. The Morgan fingerprint density at radius 2 is 1.95 bits per heavy atom. The summed E-state index contributed by atoms with van der Waals surface area (Å²) in [5.74, 6) is -0.0699. The van der Waals surface area contributed by atoms with Crippen molar-refractivity contribution in [2.24, 2.45) is 5.73 Å². The van der Waals surface area contributed by atoms with Crippen LogP contribution in [0.4, 0.5) is 0 Å². The van der Waals surface area contributed by atoms with Crippen molar-refractivity contribution in [2.75, 3.05) is 19.8 Å². The number of nitrogens with one attached hydrogen (secondary N) is 1. The lowest BCUT2D eigenvalue weighted by Gasteiger charge is -2.12.